The number of urea groups is 1. The summed E-state index contributed by atoms with van der Waals surface area (Å²) in [6, 6.07) is 4.58. The van der Waals surface area contributed by atoms with Crippen LogP contribution < -0.4 is 10.5 Å². The van der Waals surface area contributed by atoms with Gasteiger partial charge >= 0.3 is 6.03 Å². The number of primary amides is 1. The minimum absolute atomic E-state index is 0.157. The highest BCUT2D eigenvalue weighted by Crippen LogP contribution is 2.24. The van der Waals surface area contributed by atoms with Crippen LogP contribution in [-0.4, -0.2) is 31.1 Å². The maximum Gasteiger partial charge on any atom is 0.314 e. The number of nitrogens with two attached hydrogens (primary N) is 1. The van der Waals surface area contributed by atoms with Gasteiger partial charge in [-0.1, -0.05) is 12.8 Å². The number of piperidine rings is 1. The summed E-state index contributed by atoms with van der Waals surface area (Å²) in [6.07, 6.45) is 5.98. The smallest absolute Gasteiger partial charge is 0.314 e. The van der Waals surface area contributed by atoms with Crippen LogP contribution in [0.25, 0.3) is 0 Å². The second-order valence-electron chi connectivity index (χ2n) is 5.97. The predicted octanol–water partition coefficient (Wildman–Crippen LogP) is 3.34. The molecule has 1 heterocycles. The van der Waals surface area contributed by atoms with E-state index in [2.05, 4.69) is 0 Å². The van der Waals surface area contributed by atoms with E-state index in [0.717, 1.165) is 57.2 Å². The molecule has 4 nitrogen and oxygen atoms in total. The Kier molecular flexibility index (Phi) is 6.04. The molecule has 1 saturated heterocycles. The number of rotatable bonds is 6. The van der Waals surface area contributed by atoms with Crippen molar-refractivity contribution in [2.75, 3.05) is 20.2 Å². The lowest BCUT2D eigenvalue weighted by Gasteiger charge is -2.30. The Morgan fingerprint density at radius 2 is 2.09 bits per heavy atom. The van der Waals surface area contributed by atoms with E-state index in [1.165, 1.54) is 6.07 Å². The molecule has 0 radical (unpaired) electrons. The number of hydrogen-bond acceptors (Lipinski definition) is 2. The number of carbonyl (C=O) groups excluding carboxylic acids is 1. The van der Waals surface area contributed by atoms with Gasteiger partial charge in [-0.25, -0.2) is 9.18 Å². The summed E-state index contributed by atoms with van der Waals surface area (Å²) < 4.78 is 18.8. The van der Waals surface area contributed by atoms with E-state index in [9.17, 15) is 9.18 Å². The average molecular weight is 308 g/mol. The van der Waals surface area contributed by atoms with Crippen molar-refractivity contribution in [1.29, 1.82) is 0 Å². The van der Waals surface area contributed by atoms with Gasteiger partial charge in [-0.3, -0.25) is 0 Å². The van der Waals surface area contributed by atoms with E-state index in [1.54, 1.807) is 24.1 Å². The third-order valence-electron chi connectivity index (χ3n) is 4.49. The molecule has 1 fully saturated rings. The minimum atomic E-state index is -0.313. The van der Waals surface area contributed by atoms with E-state index in [4.69, 9.17) is 10.5 Å². The Hall–Kier alpha value is -1.78. The van der Waals surface area contributed by atoms with Crippen molar-refractivity contribution in [3.63, 3.8) is 0 Å². The summed E-state index contributed by atoms with van der Waals surface area (Å²) in [5.74, 6) is 1.21. The maximum atomic E-state index is 13.7. The maximum absolute atomic E-state index is 13.7. The number of amides is 2. The summed E-state index contributed by atoms with van der Waals surface area (Å²) in [5.41, 5.74) is 6.00. The number of aryl methyl sites for hydroxylation is 1. The molecule has 1 aliphatic rings. The van der Waals surface area contributed by atoms with E-state index >= 15 is 0 Å². The molecule has 1 aromatic carbocycles. The molecule has 5 heteroatoms. The fourth-order valence-corrected chi connectivity index (χ4v) is 3.06. The van der Waals surface area contributed by atoms with Crippen LogP contribution in [0.2, 0.25) is 0 Å². The Morgan fingerprint density at radius 1 is 1.36 bits per heavy atom. The molecule has 0 atom stereocenters. The highest BCUT2D eigenvalue weighted by Gasteiger charge is 2.20. The van der Waals surface area contributed by atoms with Gasteiger partial charge < -0.3 is 15.4 Å². The van der Waals surface area contributed by atoms with Gasteiger partial charge in [0, 0.05) is 13.1 Å². The van der Waals surface area contributed by atoms with Crippen molar-refractivity contribution in [3.8, 4) is 5.75 Å². The van der Waals surface area contributed by atoms with Crippen LogP contribution in [0.4, 0.5) is 9.18 Å². The Morgan fingerprint density at radius 3 is 2.73 bits per heavy atom. The van der Waals surface area contributed by atoms with Crippen LogP contribution in [-0.2, 0) is 6.42 Å². The van der Waals surface area contributed by atoms with Crippen molar-refractivity contribution in [2.24, 2.45) is 11.7 Å². The van der Waals surface area contributed by atoms with Crippen molar-refractivity contribution in [2.45, 2.75) is 38.5 Å². The van der Waals surface area contributed by atoms with Gasteiger partial charge in [-0.05, 0) is 55.4 Å². The van der Waals surface area contributed by atoms with Crippen molar-refractivity contribution >= 4 is 6.03 Å². The molecule has 1 aliphatic heterocycles. The topological polar surface area (TPSA) is 55.6 Å². The summed E-state index contributed by atoms with van der Waals surface area (Å²) in [5, 5.41) is 0. The zero-order valence-corrected chi connectivity index (χ0v) is 13.2. The van der Waals surface area contributed by atoms with E-state index in [0.29, 0.717) is 11.7 Å². The second kappa shape index (κ2) is 8.01. The molecule has 0 aromatic heterocycles. The first-order chi connectivity index (χ1) is 10.6. The molecule has 0 unspecified atom stereocenters. The number of carbonyl (C=O) groups is 1. The first kappa shape index (κ1) is 16.6. The highest BCUT2D eigenvalue weighted by atomic mass is 19.1. The van der Waals surface area contributed by atoms with Gasteiger partial charge in [-0.15, -0.1) is 0 Å². The van der Waals surface area contributed by atoms with Crippen LogP contribution in [0, 0.1) is 11.7 Å². The van der Waals surface area contributed by atoms with Crippen molar-refractivity contribution < 1.29 is 13.9 Å². The molecule has 2 N–H and O–H groups in total. The summed E-state index contributed by atoms with van der Waals surface area (Å²) in [4.78, 5) is 12.8. The SMILES string of the molecule is COc1ccc(F)c(CCCCC2CCN(C(N)=O)CC2)c1. The predicted molar refractivity (Wildman–Crippen MR) is 84.4 cm³/mol. The van der Waals surface area contributed by atoms with Crippen LogP contribution >= 0.6 is 0 Å². The Balaban J connectivity index is 1.69. The summed E-state index contributed by atoms with van der Waals surface area (Å²) >= 11 is 0. The molecule has 0 bridgehead atoms. The van der Waals surface area contributed by atoms with Gasteiger partial charge in [0.05, 0.1) is 7.11 Å². The van der Waals surface area contributed by atoms with Crippen molar-refractivity contribution in [1.82, 2.24) is 4.90 Å². The first-order valence-electron chi connectivity index (χ1n) is 7.97. The summed E-state index contributed by atoms with van der Waals surface area (Å²) in [7, 11) is 1.59. The molecule has 22 heavy (non-hydrogen) atoms. The number of halogens is 1. The zero-order chi connectivity index (χ0) is 15.9. The lowest BCUT2D eigenvalue weighted by molar-refractivity contribution is 0.175. The quantitative estimate of drug-likeness (QED) is 0.819. The highest BCUT2D eigenvalue weighted by molar-refractivity contribution is 5.72. The molecule has 122 valence electrons. The van der Waals surface area contributed by atoms with Crippen molar-refractivity contribution in [3.05, 3.63) is 29.6 Å². The number of methoxy groups -OCH3 is 1. The van der Waals surface area contributed by atoms with Crippen LogP contribution in [0.3, 0.4) is 0 Å². The van der Waals surface area contributed by atoms with Gasteiger partial charge in [0.15, 0.2) is 0 Å². The van der Waals surface area contributed by atoms with Gasteiger partial charge in [0.2, 0.25) is 0 Å². The molecular weight excluding hydrogens is 283 g/mol. The number of ether oxygens (including phenoxy) is 1. The Labute approximate surface area is 131 Å². The molecule has 2 amide bonds. The number of benzene rings is 1. The molecule has 0 spiro atoms. The van der Waals surface area contributed by atoms with E-state index in [1.807, 2.05) is 0 Å². The third-order valence-corrected chi connectivity index (χ3v) is 4.49. The van der Waals surface area contributed by atoms with Crippen LogP contribution in [0.1, 0.15) is 37.7 Å². The van der Waals surface area contributed by atoms with Gasteiger partial charge in [0.25, 0.3) is 0 Å². The lowest BCUT2D eigenvalue weighted by atomic mass is 9.91. The number of hydrogen-bond donors (Lipinski definition) is 1. The normalized spacial score (nSPS) is 15.8. The first-order valence-corrected chi connectivity index (χ1v) is 7.97. The van der Waals surface area contributed by atoms with Crippen LogP contribution in [0.15, 0.2) is 18.2 Å². The molecule has 2 rings (SSSR count). The Bertz CT molecular complexity index is 499. The van der Waals surface area contributed by atoms with E-state index < -0.39 is 0 Å². The number of unbranched alkanes of at least 4 members (excludes halogenated alkanes) is 1. The lowest BCUT2D eigenvalue weighted by Crippen LogP contribution is -2.41. The molecule has 1 aromatic rings. The fraction of sp³-hybridized carbons (Fsp3) is 0.588. The number of nitrogens with zero attached hydrogens (tertiary/aromatic N) is 1. The zero-order valence-electron chi connectivity index (χ0n) is 13.2. The standard InChI is InChI=1S/C17H25FN2O2/c1-22-15-6-7-16(18)14(12-15)5-3-2-4-13-8-10-20(11-9-13)17(19)21/h6-7,12-13H,2-5,8-11H2,1H3,(H2,19,21). The largest absolute Gasteiger partial charge is 0.497 e. The minimum Gasteiger partial charge on any atom is -0.497 e. The number of likely N-dealkylation sites (tertiary alicyclic amines) is 1. The summed E-state index contributed by atoms with van der Waals surface area (Å²) in [6.45, 7) is 1.54. The second-order valence-corrected chi connectivity index (χ2v) is 5.97. The fourth-order valence-electron chi connectivity index (χ4n) is 3.06. The average Bonchev–Trinajstić information content (AvgIpc) is 2.53. The molecule has 0 saturated carbocycles. The monoisotopic (exact) mass is 308 g/mol. The van der Waals surface area contributed by atoms with Gasteiger partial charge in [-0.2, -0.15) is 0 Å². The molecular formula is C17H25FN2O2. The molecule has 0 aliphatic carbocycles. The van der Waals surface area contributed by atoms with Gasteiger partial charge in [0.1, 0.15) is 11.6 Å². The van der Waals surface area contributed by atoms with E-state index in [-0.39, 0.29) is 11.8 Å². The van der Waals surface area contributed by atoms with Crippen LogP contribution in [0.5, 0.6) is 5.75 Å². The third kappa shape index (κ3) is 4.61.